The summed E-state index contributed by atoms with van der Waals surface area (Å²) in [5, 5.41) is 2.04. The first-order chi connectivity index (χ1) is 12.3. The van der Waals surface area contributed by atoms with Gasteiger partial charge in [0.05, 0.1) is 0 Å². The second kappa shape index (κ2) is 5.70. The number of hydrogen-bond donors (Lipinski definition) is 1. The molecule has 1 atom stereocenters. The minimum Gasteiger partial charge on any atom is -0.424 e. The van der Waals surface area contributed by atoms with Crippen LogP contribution < -0.4 is 19.7 Å². The monoisotopic (exact) mass is 384 g/mol. The number of benzene rings is 2. The Kier molecular flexibility index (Phi) is 3.69. The maximum absolute atomic E-state index is 13.7. The van der Waals surface area contributed by atoms with Crippen molar-refractivity contribution in [2.24, 2.45) is 0 Å². The summed E-state index contributed by atoms with van der Waals surface area (Å²) in [4.78, 5) is 13.8. The van der Waals surface area contributed by atoms with Gasteiger partial charge in [-0.1, -0.05) is 29.8 Å². The van der Waals surface area contributed by atoms with Gasteiger partial charge in [-0.2, -0.15) is 13.2 Å². The molecule has 2 aromatic rings. The first-order valence-corrected chi connectivity index (χ1v) is 8.09. The van der Waals surface area contributed by atoms with Crippen LogP contribution in [0.3, 0.4) is 0 Å². The Labute approximate surface area is 151 Å². The molecule has 2 heterocycles. The van der Waals surface area contributed by atoms with Gasteiger partial charge in [0.1, 0.15) is 0 Å². The van der Waals surface area contributed by atoms with Gasteiger partial charge in [0.2, 0.25) is 0 Å². The highest BCUT2D eigenvalue weighted by Crippen LogP contribution is 2.46. The van der Waals surface area contributed by atoms with Crippen LogP contribution >= 0.6 is 11.6 Å². The highest BCUT2D eigenvalue weighted by molar-refractivity contribution is 6.30. The van der Waals surface area contributed by atoms with Gasteiger partial charge in [-0.15, -0.1) is 0 Å². The predicted molar refractivity (Wildman–Crippen MR) is 87.5 cm³/mol. The molecule has 0 bridgehead atoms. The molecule has 0 saturated carbocycles. The number of nitrogens with zero attached hydrogens (tertiary/aromatic N) is 1. The Morgan fingerprint density at radius 1 is 1.15 bits per heavy atom. The molecule has 2 aromatic carbocycles. The van der Waals surface area contributed by atoms with E-state index in [-0.39, 0.29) is 23.1 Å². The zero-order valence-electron chi connectivity index (χ0n) is 13.1. The number of nitrogens with one attached hydrogen (secondary N) is 1. The van der Waals surface area contributed by atoms with Crippen molar-refractivity contribution in [3.63, 3.8) is 0 Å². The van der Waals surface area contributed by atoms with E-state index in [1.54, 1.807) is 18.2 Å². The fraction of sp³-hybridized carbons (Fsp3) is 0.235. The lowest BCUT2D eigenvalue weighted by Gasteiger charge is -2.31. The quantitative estimate of drug-likeness (QED) is 0.805. The molecule has 1 unspecified atom stereocenters. The average Bonchev–Trinajstić information content (AvgIpc) is 3.15. The SMILES string of the molecule is O=C(NC1(C(F)(F)F)Oc2ccc(Cl)cc2O1)N1CCc2ccccc21. The van der Waals surface area contributed by atoms with Gasteiger partial charge >= 0.3 is 18.1 Å². The molecule has 9 heteroatoms. The van der Waals surface area contributed by atoms with Crippen molar-refractivity contribution < 1.29 is 27.4 Å². The Morgan fingerprint density at radius 2 is 1.88 bits per heavy atom. The average molecular weight is 385 g/mol. The highest BCUT2D eigenvalue weighted by Gasteiger charge is 2.66. The summed E-state index contributed by atoms with van der Waals surface area (Å²) in [6.45, 7) is 0.262. The fourth-order valence-electron chi connectivity index (χ4n) is 2.97. The Morgan fingerprint density at radius 3 is 2.65 bits per heavy atom. The van der Waals surface area contributed by atoms with Gasteiger partial charge in [0, 0.05) is 23.3 Å². The van der Waals surface area contributed by atoms with Crippen LogP contribution in [0.4, 0.5) is 23.7 Å². The molecule has 5 nitrogen and oxygen atoms in total. The van der Waals surface area contributed by atoms with E-state index in [4.69, 9.17) is 21.1 Å². The number of ether oxygens (including phenoxy) is 2. The van der Waals surface area contributed by atoms with Crippen LogP contribution in [0.2, 0.25) is 5.02 Å². The molecule has 2 aliphatic heterocycles. The molecule has 26 heavy (non-hydrogen) atoms. The highest BCUT2D eigenvalue weighted by atomic mass is 35.5. The number of hydrogen-bond acceptors (Lipinski definition) is 3. The summed E-state index contributed by atoms with van der Waals surface area (Å²) in [5.74, 6) is -3.67. The number of carbonyl (C=O) groups is 1. The lowest BCUT2D eigenvalue weighted by atomic mass is 10.2. The van der Waals surface area contributed by atoms with Crippen molar-refractivity contribution in [1.29, 1.82) is 0 Å². The molecule has 4 rings (SSSR count). The van der Waals surface area contributed by atoms with Crippen molar-refractivity contribution in [2.45, 2.75) is 18.5 Å². The van der Waals surface area contributed by atoms with Crippen molar-refractivity contribution in [1.82, 2.24) is 5.32 Å². The normalized spacial score (nSPS) is 20.8. The first kappa shape index (κ1) is 16.8. The maximum Gasteiger partial charge on any atom is 0.492 e. The van der Waals surface area contributed by atoms with Crippen LogP contribution in [0.5, 0.6) is 11.5 Å². The number of anilines is 1. The number of alkyl halides is 3. The molecule has 0 spiro atoms. The molecule has 0 saturated heterocycles. The summed E-state index contributed by atoms with van der Waals surface area (Å²) in [5.41, 5.74) is 1.44. The molecular formula is C17H12ClF3N2O3. The van der Waals surface area contributed by atoms with E-state index < -0.39 is 18.1 Å². The second-order valence-electron chi connectivity index (χ2n) is 5.87. The van der Waals surface area contributed by atoms with Gasteiger partial charge in [0.25, 0.3) is 0 Å². The topological polar surface area (TPSA) is 50.8 Å². The summed E-state index contributed by atoms with van der Waals surface area (Å²) >= 11 is 5.78. The van der Waals surface area contributed by atoms with E-state index in [1.807, 2.05) is 11.4 Å². The van der Waals surface area contributed by atoms with Crippen LogP contribution in [-0.4, -0.2) is 24.7 Å². The third-order valence-corrected chi connectivity index (χ3v) is 4.43. The summed E-state index contributed by atoms with van der Waals surface area (Å²) in [6.07, 6.45) is -4.46. The number of para-hydroxylation sites is 1. The zero-order chi connectivity index (χ0) is 18.5. The van der Waals surface area contributed by atoms with Gasteiger partial charge in [-0.05, 0) is 30.2 Å². The summed E-state index contributed by atoms with van der Waals surface area (Å²) in [7, 11) is 0. The molecule has 2 amide bonds. The van der Waals surface area contributed by atoms with Crippen molar-refractivity contribution >= 4 is 23.3 Å². The van der Waals surface area contributed by atoms with Crippen LogP contribution in [-0.2, 0) is 6.42 Å². The van der Waals surface area contributed by atoms with Crippen molar-refractivity contribution in [2.75, 3.05) is 11.4 Å². The molecule has 0 radical (unpaired) electrons. The zero-order valence-corrected chi connectivity index (χ0v) is 13.9. The third kappa shape index (κ3) is 2.61. The molecular weight excluding hydrogens is 373 g/mol. The van der Waals surface area contributed by atoms with Crippen LogP contribution in [0, 0.1) is 0 Å². The largest absolute Gasteiger partial charge is 0.492 e. The third-order valence-electron chi connectivity index (χ3n) is 4.19. The van der Waals surface area contributed by atoms with E-state index in [9.17, 15) is 18.0 Å². The minimum absolute atomic E-state index is 0.158. The van der Waals surface area contributed by atoms with E-state index in [0.29, 0.717) is 12.1 Å². The minimum atomic E-state index is -5.02. The molecule has 2 aliphatic rings. The van der Waals surface area contributed by atoms with Gasteiger partial charge in [-0.3, -0.25) is 10.2 Å². The lowest BCUT2D eigenvalue weighted by Crippen LogP contribution is -2.66. The molecule has 136 valence electrons. The van der Waals surface area contributed by atoms with Gasteiger partial charge < -0.3 is 9.47 Å². The smallest absolute Gasteiger partial charge is 0.424 e. The van der Waals surface area contributed by atoms with Crippen LogP contribution in [0.25, 0.3) is 0 Å². The van der Waals surface area contributed by atoms with Crippen LogP contribution in [0.15, 0.2) is 42.5 Å². The first-order valence-electron chi connectivity index (χ1n) is 7.71. The number of amides is 2. The van der Waals surface area contributed by atoms with E-state index >= 15 is 0 Å². The van der Waals surface area contributed by atoms with Crippen LogP contribution in [0.1, 0.15) is 5.56 Å². The Balaban J connectivity index is 1.63. The predicted octanol–water partition coefficient (Wildman–Crippen LogP) is 4.10. The number of urea groups is 1. The molecule has 1 N–H and O–H groups in total. The van der Waals surface area contributed by atoms with E-state index in [0.717, 1.165) is 5.56 Å². The molecule has 0 aromatic heterocycles. The number of halogens is 4. The lowest BCUT2D eigenvalue weighted by molar-refractivity contribution is -0.317. The fourth-order valence-corrected chi connectivity index (χ4v) is 3.13. The molecule has 0 fully saturated rings. The van der Waals surface area contributed by atoms with E-state index in [2.05, 4.69) is 0 Å². The van der Waals surface area contributed by atoms with Gasteiger partial charge in [-0.25, -0.2) is 4.79 Å². The summed E-state index contributed by atoms with van der Waals surface area (Å²) < 4.78 is 51.1. The second-order valence-corrected chi connectivity index (χ2v) is 6.31. The number of carbonyl (C=O) groups excluding carboxylic acids is 1. The Bertz CT molecular complexity index is 890. The maximum atomic E-state index is 13.7. The summed E-state index contributed by atoms with van der Waals surface area (Å²) in [6, 6.07) is 9.87. The molecule has 0 aliphatic carbocycles. The van der Waals surface area contributed by atoms with E-state index in [1.165, 1.54) is 23.1 Å². The van der Waals surface area contributed by atoms with Crippen molar-refractivity contribution in [3.8, 4) is 11.5 Å². The number of fused-ring (bicyclic) bond motifs is 2. The standard InChI is InChI=1S/C17H12ClF3N2O3/c18-11-5-6-13-14(9-11)26-17(25-13,16(19,20)21)22-15(24)23-8-7-10-3-1-2-4-12(10)23/h1-6,9H,7-8H2,(H,22,24). The van der Waals surface area contributed by atoms with Crippen molar-refractivity contribution in [3.05, 3.63) is 53.1 Å². The van der Waals surface area contributed by atoms with Gasteiger partial charge in [0.15, 0.2) is 11.5 Å². The Hall–Kier alpha value is -2.61. The number of rotatable bonds is 1.